The van der Waals surface area contributed by atoms with Crippen LogP contribution >= 0.6 is 0 Å². The number of carbonyl (C=O) groups is 1. The summed E-state index contributed by atoms with van der Waals surface area (Å²) in [6, 6.07) is 13.9. The summed E-state index contributed by atoms with van der Waals surface area (Å²) in [7, 11) is 0. The van der Waals surface area contributed by atoms with Crippen LogP contribution in [-0.2, 0) is 6.42 Å². The second-order valence-corrected chi connectivity index (χ2v) is 7.71. The van der Waals surface area contributed by atoms with Crippen LogP contribution in [0.2, 0.25) is 0 Å². The Morgan fingerprint density at radius 3 is 2.48 bits per heavy atom. The van der Waals surface area contributed by atoms with Gasteiger partial charge in [0.2, 0.25) is 0 Å². The maximum Gasteiger partial charge on any atom is 0.253 e. The van der Waals surface area contributed by atoms with Crippen LogP contribution < -0.4 is 4.74 Å². The molecule has 1 amide bonds. The molecule has 1 fully saturated rings. The molecule has 3 aromatic rings. The number of piperidine rings is 1. The molecule has 0 radical (unpaired) electrons. The normalized spacial score (nSPS) is 14.9. The van der Waals surface area contributed by atoms with Crippen molar-refractivity contribution in [1.82, 2.24) is 14.9 Å². The lowest BCUT2D eigenvalue weighted by Gasteiger charge is -2.32. The number of benzene rings is 2. The van der Waals surface area contributed by atoms with Crippen LogP contribution in [0.1, 0.15) is 47.1 Å². The SMILES string of the molecule is CCc1cccc(OC2CCN(C(=O)c3ccc4nc(C)c(C)nc4c3)CC2)c1. The van der Waals surface area contributed by atoms with Gasteiger partial charge in [-0.05, 0) is 56.2 Å². The lowest BCUT2D eigenvalue weighted by molar-refractivity contribution is 0.0595. The second-order valence-electron chi connectivity index (χ2n) is 7.71. The number of aryl methyl sites for hydroxylation is 3. The third kappa shape index (κ3) is 4.24. The van der Waals surface area contributed by atoms with Crippen LogP contribution in [0.3, 0.4) is 0 Å². The van der Waals surface area contributed by atoms with Crippen molar-refractivity contribution in [1.29, 1.82) is 0 Å². The Morgan fingerprint density at radius 1 is 1.03 bits per heavy atom. The monoisotopic (exact) mass is 389 g/mol. The highest BCUT2D eigenvalue weighted by Crippen LogP contribution is 2.22. The molecule has 1 aliphatic rings. The number of fused-ring (bicyclic) bond motifs is 1. The van der Waals surface area contributed by atoms with Gasteiger partial charge in [-0.15, -0.1) is 0 Å². The molecule has 0 N–H and O–H groups in total. The highest BCUT2D eigenvalue weighted by atomic mass is 16.5. The summed E-state index contributed by atoms with van der Waals surface area (Å²) in [5.41, 5.74) is 5.36. The van der Waals surface area contributed by atoms with Gasteiger partial charge in [-0.25, -0.2) is 9.97 Å². The lowest BCUT2D eigenvalue weighted by atomic mass is 10.1. The molecule has 4 rings (SSSR count). The molecular formula is C24H27N3O2. The van der Waals surface area contributed by atoms with E-state index in [2.05, 4.69) is 29.0 Å². The maximum atomic E-state index is 13.0. The van der Waals surface area contributed by atoms with E-state index in [0.29, 0.717) is 18.7 Å². The quantitative estimate of drug-likeness (QED) is 0.660. The molecule has 5 heteroatoms. The van der Waals surface area contributed by atoms with Crippen molar-refractivity contribution in [2.75, 3.05) is 13.1 Å². The number of hydrogen-bond acceptors (Lipinski definition) is 4. The van der Waals surface area contributed by atoms with E-state index in [9.17, 15) is 4.79 Å². The molecular weight excluding hydrogens is 362 g/mol. The predicted molar refractivity (Wildman–Crippen MR) is 114 cm³/mol. The van der Waals surface area contributed by atoms with Crippen molar-refractivity contribution in [3.05, 3.63) is 65.0 Å². The molecule has 1 saturated heterocycles. The van der Waals surface area contributed by atoms with E-state index >= 15 is 0 Å². The molecule has 2 aromatic carbocycles. The van der Waals surface area contributed by atoms with Crippen molar-refractivity contribution in [2.45, 2.75) is 46.1 Å². The minimum Gasteiger partial charge on any atom is -0.490 e. The summed E-state index contributed by atoms with van der Waals surface area (Å²) >= 11 is 0. The average Bonchev–Trinajstić information content (AvgIpc) is 2.74. The highest BCUT2D eigenvalue weighted by molar-refractivity contribution is 5.97. The Morgan fingerprint density at radius 2 is 1.76 bits per heavy atom. The van der Waals surface area contributed by atoms with Gasteiger partial charge >= 0.3 is 0 Å². The number of hydrogen-bond donors (Lipinski definition) is 0. The van der Waals surface area contributed by atoms with Crippen LogP contribution in [0.5, 0.6) is 5.75 Å². The van der Waals surface area contributed by atoms with Crippen LogP contribution in [0.15, 0.2) is 42.5 Å². The van der Waals surface area contributed by atoms with Gasteiger partial charge in [0.25, 0.3) is 5.91 Å². The molecule has 1 aliphatic heterocycles. The first kappa shape index (κ1) is 19.4. The average molecular weight is 389 g/mol. The molecule has 0 unspecified atom stereocenters. The van der Waals surface area contributed by atoms with Crippen molar-refractivity contribution in [3.8, 4) is 5.75 Å². The third-order valence-electron chi connectivity index (χ3n) is 5.66. The number of ether oxygens (including phenoxy) is 1. The smallest absolute Gasteiger partial charge is 0.253 e. The molecule has 0 atom stereocenters. The van der Waals surface area contributed by atoms with Gasteiger partial charge in [0, 0.05) is 31.5 Å². The standard InChI is InChI=1S/C24H27N3O2/c1-4-18-6-5-7-21(14-18)29-20-10-12-27(13-11-20)24(28)19-8-9-22-23(15-19)26-17(3)16(2)25-22/h5-9,14-15,20H,4,10-13H2,1-3H3. The van der Waals surface area contributed by atoms with Gasteiger partial charge in [-0.3, -0.25) is 4.79 Å². The minimum absolute atomic E-state index is 0.0540. The molecule has 0 bridgehead atoms. The Bertz CT molecular complexity index is 1040. The van der Waals surface area contributed by atoms with Gasteiger partial charge in [0.1, 0.15) is 11.9 Å². The van der Waals surface area contributed by atoms with Crippen molar-refractivity contribution in [3.63, 3.8) is 0 Å². The summed E-state index contributed by atoms with van der Waals surface area (Å²) in [4.78, 5) is 24.0. The van der Waals surface area contributed by atoms with E-state index in [0.717, 1.165) is 47.4 Å². The fourth-order valence-corrected chi connectivity index (χ4v) is 3.75. The zero-order valence-corrected chi connectivity index (χ0v) is 17.3. The van der Waals surface area contributed by atoms with Gasteiger partial charge in [0.15, 0.2) is 0 Å². The van der Waals surface area contributed by atoms with Crippen LogP contribution in [-0.4, -0.2) is 40.0 Å². The molecule has 0 aliphatic carbocycles. The Hall–Kier alpha value is -2.95. The predicted octanol–water partition coefficient (Wildman–Crippen LogP) is 4.49. The number of likely N-dealkylation sites (tertiary alicyclic amines) is 1. The van der Waals surface area contributed by atoms with Crippen molar-refractivity contribution >= 4 is 16.9 Å². The molecule has 150 valence electrons. The zero-order valence-electron chi connectivity index (χ0n) is 17.3. The van der Waals surface area contributed by atoms with E-state index < -0.39 is 0 Å². The van der Waals surface area contributed by atoms with E-state index in [4.69, 9.17) is 4.74 Å². The van der Waals surface area contributed by atoms with Crippen LogP contribution in [0.25, 0.3) is 11.0 Å². The van der Waals surface area contributed by atoms with Crippen molar-refractivity contribution < 1.29 is 9.53 Å². The topological polar surface area (TPSA) is 55.3 Å². The number of aromatic nitrogens is 2. The van der Waals surface area contributed by atoms with Crippen LogP contribution in [0, 0.1) is 13.8 Å². The molecule has 5 nitrogen and oxygen atoms in total. The van der Waals surface area contributed by atoms with Gasteiger partial charge in [0.05, 0.1) is 22.4 Å². The fourth-order valence-electron chi connectivity index (χ4n) is 3.75. The summed E-state index contributed by atoms with van der Waals surface area (Å²) < 4.78 is 6.16. The molecule has 29 heavy (non-hydrogen) atoms. The second kappa shape index (κ2) is 8.19. The molecule has 1 aromatic heterocycles. The van der Waals surface area contributed by atoms with Crippen LogP contribution in [0.4, 0.5) is 0 Å². The van der Waals surface area contributed by atoms with Gasteiger partial charge in [-0.1, -0.05) is 19.1 Å². The summed E-state index contributed by atoms with van der Waals surface area (Å²) in [6.07, 6.45) is 2.83. The van der Waals surface area contributed by atoms with Crippen molar-refractivity contribution in [2.24, 2.45) is 0 Å². The number of amides is 1. The first-order chi connectivity index (χ1) is 14.0. The van der Waals surface area contributed by atoms with Gasteiger partial charge < -0.3 is 9.64 Å². The first-order valence-electron chi connectivity index (χ1n) is 10.3. The molecule has 0 saturated carbocycles. The Labute approximate surface area is 171 Å². The third-order valence-corrected chi connectivity index (χ3v) is 5.66. The highest BCUT2D eigenvalue weighted by Gasteiger charge is 2.25. The Kier molecular flexibility index (Phi) is 5.47. The van der Waals surface area contributed by atoms with Gasteiger partial charge in [-0.2, -0.15) is 0 Å². The minimum atomic E-state index is 0.0540. The Balaban J connectivity index is 1.41. The van der Waals surface area contributed by atoms with E-state index in [1.165, 1.54) is 5.56 Å². The van der Waals surface area contributed by atoms with E-state index in [-0.39, 0.29) is 12.0 Å². The number of carbonyl (C=O) groups excluding carboxylic acids is 1. The fraction of sp³-hybridized carbons (Fsp3) is 0.375. The molecule has 0 spiro atoms. The molecule has 2 heterocycles. The number of nitrogens with zero attached hydrogens (tertiary/aromatic N) is 3. The van der Waals surface area contributed by atoms with E-state index in [1.54, 1.807) is 0 Å². The summed E-state index contributed by atoms with van der Waals surface area (Å²) in [5.74, 6) is 0.978. The maximum absolute atomic E-state index is 13.0. The first-order valence-corrected chi connectivity index (χ1v) is 10.3. The summed E-state index contributed by atoms with van der Waals surface area (Å²) in [6.45, 7) is 7.44. The summed E-state index contributed by atoms with van der Waals surface area (Å²) in [5, 5.41) is 0. The zero-order chi connectivity index (χ0) is 20.4. The number of rotatable bonds is 4. The lowest BCUT2D eigenvalue weighted by Crippen LogP contribution is -2.41. The largest absolute Gasteiger partial charge is 0.490 e. The van der Waals surface area contributed by atoms with E-state index in [1.807, 2.05) is 49.1 Å².